The summed E-state index contributed by atoms with van der Waals surface area (Å²) in [7, 11) is 0. The van der Waals surface area contributed by atoms with Gasteiger partial charge in [-0.05, 0) is 13.8 Å². The molecular formula is C13H20N6O2. The van der Waals surface area contributed by atoms with Crippen molar-refractivity contribution >= 4 is 17.5 Å². The molecule has 3 heterocycles. The van der Waals surface area contributed by atoms with E-state index in [0.717, 1.165) is 0 Å². The molecule has 21 heavy (non-hydrogen) atoms. The third-order valence-corrected chi connectivity index (χ3v) is 3.71. The minimum Gasteiger partial charge on any atom is -0.473 e. The van der Waals surface area contributed by atoms with Gasteiger partial charge in [-0.3, -0.25) is 0 Å². The molecule has 2 saturated heterocycles. The van der Waals surface area contributed by atoms with E-state index >= 15 is 0 Å². The molecule has 8 nitrogen and oxygen atoms in total. The van der Waals surface area contributed by atoms with Crippen LogP contribution in [0.4, 0.5) is 16.3 Å². The maximum atomic E-state index is 11.6. The first-order chi connectivity index (χ1) is 10.1. The zero-order valence-corrected chi connectivity index (χ0v) is 12.2. The molecule has 2 aliphatic rings. The number of fused-ring (bicyclic) bond motifs is 1. The number of piperazine rings is 1. The number of ether oxygens (including phenoxy) is 1. The number of nitrogens with two attached hydrogens (primary N) is 1. The van der Waals surface area contributed by atoms with Crippen molar-refractivity contribution in [3.05, 3.63) is 6.33 Å². The van der Waals surface area contributed by atoms with Crippen molar-refractivity contribution in [2.75, 3.05) is 36.8 Å². The van der Waals surface area contributed by atoms with Crippen LogP contribution in [0, 0.1) is 0 Å². The number of carbonyl (C=O) groups excluding carboxylic acids is 1. The number of carbonyl (C=O) groups is 1. The predicted molar refractivity (Wildman–Crippen MR) is 78.3 cm³/mol. The summed E-state index contributed by atoms with van der Waals surface area (Å²) in [6.45, 7) is 6.59. The largest absolute Gasteiger partial charge is 0.473 e. The van der Waals surface area contributed by atoms with Crippen molar-refractivity contribution in [1.82, 2.24) is 20.2 Å². The quantitative estimate of drug-likeness (QED) is 0.817. The van der Waals surface area contributed by atoms with E-state index in [0.29, 0.717) is 43.6 Å². The van der Waals surface area contributed by atoms with Crippen LogP contribution < -0.4 is 20.7 Å². The predicted octanol–water partition coefficient (Wildman–Crippen LogP) is 0.0598. The van der Waals surface area contributed by atoms with E-state index in [2.05, 4.69) is 20.2 Å². The van der Waals surface area contributed by atoms with Gasteiger partial charge in [0, 0.05) is 26.2 Å². The molecule has 3 rings (SSSR count). The number of amides is 2. The lowest BCUT2D eigenvalue weighted by Crippen LogP contribution is -2.52. The second-order valence-electron chi connectivity index (χ2n) is 5.56. The number of aromatic nitrogens is 2. The molecule has 1 aromatic rings. The van der Waals surface area contributed by atoms with Gasteiger partial charge in [-0.25, -0.2) is 9.78 Å². The SMILES string of the molecule is CC(C)Oc1ncnc(N2CCN3C(=O)NCC3C2)c1N. The minimum absolute atomic E-state index is 0.00329. The first kappa shape index (κ1) is 13.7. The molecule has 0 radical (unpaired) electrons. The third kappa shape index (κ3) is 2.53. The molecule has 2 amide bonds. The molecule has 2 aliphatic heterocycles. The molecule has 0 saturated carbocycles. The Hall–Kier alpha value is -2.25. The molecule has 1 aromatic heterocycles. The molecular weight excluding hydrogens is 272 g/mol. The van der Waals surface area contributed by atoms with Crippen molar-refractivity contribution < 1.29 is 9.53 Å². The van der Waals surface area contributed by atoms with Gasteiger partial charge in [0.15, 0.2) is 5.82 Å². The van der Waals surface area contributed by atoms with Crippen LogP contribution in [0.2, 0.25) is 0 Å². The molecule has 0 aromatic carbocycles. The number of nitrogens with zero attached hydrogens (tertiary/aromatic N) is 4. The summed E-state index contributed by atoms with van der Waals surface area (Å²) in [4.78, 5) is 23.9. The fourth-order valence-corrected chi connectivity index (χ4v) is 2.74. The molecule has 2 fully saturated rings. The van der Waals surface area contributed by atoms with Crippen LogP contribution in [0.5, 0.6) is 5.88 Å². The first-order valence-corrected chi connectivity index (χ1v) is 7.13. The van der Waals surface area contributed by atoms with Crippen molar-refractivity contribution in [1.29, 1.82) is 0 Å². The Morgan fingerprint density at radius 1 is 1.43 bits per heavy atom. The molecule has 114 valence electrons. The van der Waals surface area contributed by atoms with Crippen LogP contribution in [-0.2, 0) is 0 Å². The summed E-state index contributed by atoms with van der Waals surface area (Å²) in [5, 5.41) is 2.86. The van der Waals surface area contributed by atoms with Crippen molar-refractivity contribution in [3.8, 4) is 5.88 Å². The number of hydrogen-bond acceptors (Lipinski definition) is 6. The van der Waals surface area contributed by atoms with Crippen LogP contribution in [0.3, 0.4) is 0 Å². The molecule has 8 heteroatoms. The minimum atomic E-state index is 0.00329. The molecule has 1 atom stereocenters. The zero-order chi connectivity index (χ0) is 15.0. The van der Waals surface area contributed by atoms with E-state index in [9.17, 15) is 4.79 Å². The van der Waals surface area contributed by atoms with Crippen molar-refractivity contribution in [2.24, 2.45) is 0 Å². The molecule has 0 aliphatic carbocycles. The monoisotopic (exact) mass is 292 g/mol. The van der Waals surface area contributed by atoms with E-state index in [1.54, 1.807) is 0 Å². The number of nitrogens with one attached hydrogen (secondary N) is 1. The molecule has 1 unspecified atom stereocenters. The number of hydrogen-bond donors (Lipinski definition) is 2. The van der Waals surface area contributed by atoms with Gasteiger partial charge in [-0.2, -0.15) is 4.98 Å². The first-order valence-electron chi connectivity index (χ1n) is 7.13. The van der Waals surface area contributed by atoms with Gasteiger partial charge < -0.3 is 25.6 Å². The van der Waals surface area contributed by atoms with Gasteiger partial charge in [0.2, 0.25) is 5.88 Å². The summed E-state index contributed by atoms with van der Waals surface area (Å²) < 4.78 is 5.60. The number of urea groups is 1. The summed E-state index contributed by atoms with van der Waals surface area (Å²) in [6.07, 6.45) is 1.47. The normalized spacial score (nSPS) is 21.5. The maximum absolute atomic E-state index is 11.6. The summed E-state index contributed by atoms with van der Waals surface area (Å²) in [5.74, 6) is 1.10. The second-order valence-corrected chi connectivity index (χ2v) is 5.56. The van der Waals surface area contributed by atoms with E-state index in [1.807, 2.05) is 18.7 Å². The molecule has 0 bridgehead atoms. The fraction of sp³-hybridized carbons (Fsp3) is 0.615. The highest BCUT2D eigenvalue weighted by Gasteiger charge is 2.36. The Kier molecular flexibility index (Phi) is 3.44. The van der Waals surface area contributed by atoms with Gasteiger partial charge in [-0.1, -0.05) is 0 Å². The summed E-state index contributed by atoms with van der Waals surface area (Å²) >= 11 is 0. The average molecular weight is 292 g/mol. The highest BCUT2D eigenvalue weighted by atomic mass is 16.5. The van der Waals surface area contributed by atoms with Gasteiger partial charge >= 0.3 is 6.03 Å². The van der Waals surface area contributed by atoms with Crippen LogP contribution in [0.1, 0.15) is 13.8 Å². The number of rotatable bonds is 3. The van der Waals surface area contributed by atoms with Crippen molar-refractivity contribution in [2.45, 2.75) is 26.0 Å². The smallest absolute Gasteiger partial charge is 0.317 e. The molecule has 3 N–H and O–H groups in total. The lowest BCUT2D eigenvalue weighted by molar-refractivity contribution is 0.197. The second kappa shape index (κ2) is 5.27. The van der Waals surface area contributed by atoms with Gasteiger partial charge in [-0.15, -0.1) is 0 Å². The maximum Gasteiger partial charge on any atom is 0.317 e. The van der Waals surface area contributed by atoms with Crippen LogP contribution in [0.25, 0.3) is 0 Å². The highest BCUT2D eigenvalue weighted by Crippen LogP contribution is 2.30. The van der Waals surface area contributed by atoms with Crippen molar-refractivity contribution in [3.63, 3.8) is 0 Å². The Morgan fingerprint density at radius 3 is 3.00 bits per heavy atom. The Labute approximate surface area is 123 Å². The zero-order valence-electron chi connectivity index (χ0n) is 12.2. The summed E-state index contributed by atoms with van der Waals surface area (Å²) in [6, 6.07) is 0.175. The van der Waals surface area contributed by atoms with E-state index in [-0.39, 0.29) is 18.2 Å². The van der Waals surface area contributed by atoms with E-state index in [4.69, 9.17) is 10.5 Å². The van der Waals surface area contributed by atoms with E-state index in [1.165, 1.54) is 6.33 Å². The Bertz CT molecular complexity index is 549. The topological polar surface area (TPSA) is 96.6 Å². The number of anilines is 2. The lowest BCUT2D eigenvalue weighted by atomic mass is 10.2. The highest BCUT2D eigenvalue weighted by molar-refractivity contribution is 5.78. The van der Waals surface area contributed by atoms with Crippen LogP contribution >= 0.6 is 0 Å². The van der Waals surface area contributed by atoms with E-state index < -0.39 is 0 Å². The van der Waals surface area contributed by atoms with Gasteiger partial charge in [0.05, 0.1) is 12.1 Å². The van der Waals surface area contributed by atoms with Crippen LogP contribution in [-0.4, -0.2) is 59.2 Å². The third-order valence-electron chi connectivity index (χ3n) is 3.71. The lowest BCUT2D eigenvalue weighted by Gasteiger charge is -2.37. The average Bonchev–Trinajstić information content (AvgIpc) is 2.82. The number of nitrogen functional groups attached to an aromatic ring is 1. The standard InChI is InChI=1S/C13H20N6O2/c1-8(2)21-12-10(14)11(16-7-17-12)18-3-4-19-9(6-18)5-15-13(19)20/h7-9H,3-6,14H2,1-2H3,(H,15,20). The summed E-state index contributed by atoms with van der Waals surface area (Å²) in [5.41, 5.74) is 6.59. The Balaban J connectivity index is 1.80. The van der Waals surface area contributed by atoms with Gasteiger partial charge in [0.25, 0.3) is 0 Å². The van der Waals surface area contributed by atoms with Crippen LogP contribution in [0.15, 0.2) is 6.33 Å². The van der Waals surface area contributed by atoms with Gasteiger partial charge in [0.1, 0.15) is 12.0 Å². The Morgan fingerprint density at radius 2 is 2.24 bits per heavy atom. The fourth-order valence-electron chi connectivity index (χ4n) is 2.74. The molecule has 0 spiro atoms.